The standard InChI is InChI=1S/C13H27NO2S/c1-4-10(3)9-17(15,16)13-8-11(5-2)6-7-12(13)14/h10-13H,4-9,14H2,1-3H3. The Bertz CT molecular complexity index is 326. The summed E-state index contributed by atoms with van der Waals surface area (Å²) in [5.41, 5.74) is 6.02. The molecule has 0 saturated heterocycles. The Morgan fingerprint density at radius 2 is 1.94 bits per heavy atom. The molecule has 4 unspecified atom stereocenters. The van der Waals surface area contributed by atoms with Gasteiger partial charge in [0.15, 0.2) is 9.84 Å². The normalized spacial score (nSPS) is 32.4. The van der Waals surface area contributed by atoms with Gasteiger partial charge in [-0.05, 0) is 31.1 Å². The molecular formula is C13H27NO2S. The highest BCUT2D eigenvalue weighted by molar-refractivity contribution is 7.92. The van der Waals surface area contributed by atoms with Crippen molar-refractivity contribution in [1.82, 2.24) is 0 Å². The highest BCUT2D eigenvalue weighted by Gasteiger charge is 2.36. The van der Waals surface area contributed by atoms with Crippen molar-refractivity contribution in [2.45, 2.75) is 64.2 Å². The van der Waals surface area contributed by atoms with Crippen molar-refractivity contribution in [3.05, 3.63) is 0 Å². The molecule has 0 aliphatic heterocycles. The van der Waals surface area contributed by atoms with E-state index in [1.807, 2.05) is 13.8 Å². The van der Waals surface area contributed by atoms with Crippen molar-refractivity contribution in [3.8, 4) is 0 Å². The Morgan fingerprint density at radius 3 is 2.47 bits per heavy atom. The van der Waals surface area contributed by atoms with E-state index >= 15 is 0 Å². The summed E-state index contributed by atoms with van der Waals surface area (Å²) in [6.45, 7) is 6.18. The van der Waals surface area contributed by atoms with Crippen LogP contribution >= 0.6 is 0 Å². The lowest BCUT2D eigenvalue weighted by molar-refractivity contribution is 0.318. The number of sulfone groups is 1. The van der Waals surface area contributed by atoms with E-state index < -0.39 is 9.84 Å². The highest BCUT2D eigenvalue weighted by Crippen LogP contribution is 2.31. The van der Waals surface area contributed by atoms with Crippen LogP contribution in [0.3, 0.4) is 0 Å². The minimum Gasteiger partial charge on any atom is -0.327 e. The van der Waals surface area contributed by atoms with E-state index in [1.165, 1.54) is 0 Å². The smallest absolute Gasteiger partial charge is 0.154 e. The Hall–Kier alpha value is -0.0900. The second-order valence-corrected chi connectivity index (χ2v) is 7.90. The third-order valence-electron chi connectivity index (χ3n) is 4.20. The minimum absolute atomic E-state index is 0.146. The zero-order valence-electron chi connectivity index (χ0n) is 11.4. The zero-order chi connectivity index (χ0) is 13.1. The van der Waals surface area contributed by atoms with E-state index in [4.69, 9.17) is 5.73 Å². The van der Waals surface area contributed by atoms with Crippen LogP contribution in [0.15, 0.2) is 0 Å². The summed E-state index contributed by atoms with van der Waals surface area (Å²) in [5.74, 6) is 1.10. The molecule has 0 aromatic rings. The molecule has 3 nitrogen and oxygen atoms in total. The zero-order valence-corrected chi connectivity index (χ0v) is 12.2. The summed E-state index contributed by atoms with van der Waals surface area (Å²) >= 11 is 0. The monoisotopic (exact) mass is 261 g/mol. The van der Waals surface area contributed by atoms with Crippen molar-refractivity contribution in [2.75, 3.05) is 5.75 Å². The fraction of sp³-hybridized carbons (Fsp3) is 1.00. The van der Waals surface area contributed by atoms with Crippen molar-refractivity contribution >= 4 is 9.84 Å². The van der Waals surface area contributed by atoms with Gasteiger partial charge in [0.25, 0.3) is 0 Å². The second-order valence-electron chi connectivity index (χ2n) is 5.63. The van der Waals surface area contributed by atoms with E-state index in [0.717, 1.165) is 32.1 Å². The van der Waals surface area contributed by atoms with Crippen molar-refractivity contribution in [1.29, 1.82) is 0 Å². The average molecular weight is 261 g/mol. The average Bonchev–Trinajstić information content (AvgIpc) is 2.28. The summed E-state index contributed by atoms with van der Waals surface area (Å²) in [5, 5.41) is -0.296. The Balaban J connectivity index is 2.74. The van der Waals surface area contributed by atoms with Gasteiger partial charge in [-0.15, -0.1) is 0 Å². The maximum Gasteiger partial charge on any atom is 0.154 e. The number of nitrogens with two attached hydrogens (primary N) is 1. The molecule has 17 heavy (non-hydrogen) atoms. The van der Waals surface area contributed by atoms with Crippen LogP contribution in [0.2, 0.25) is 0 Å². The fourth-order valence-corrected chi connectivity index (χ4v) is 5.17. The van der Waals surface area contributed by atoms with Gasteiger partial charge in [0.05, 0.1) is 11.0 Å². The Labute approximate surface area is 106 Å². The summed E-state index contributed by atoms with van der Waals surface area (Å²) < 4.78 is 24.7. The third-order valence-corrected chi connectivity index (χ3v) is 6.70. The van der Waals surface area contributed by atoms with Crippen LogP contribution in [0.5, 0.6) is 0 Å². The molecule has 1 aliphatic carbocycles. The van der Waals surface area contributed by atoms with Gasteiger partial charge in [0, 0.05) is 6.04 Å². The first-order chi connectivity index (χ1) is 7.90. The first kappa shape index (κ1) is 15.0. The predicted octanol–water partition coefficient (Wildman–Crippen LogP) is 2.35. The first-order valence-corrected chi connectivity index (χ1v) is 8.59. The summed E-state index contributed by atoms with van der Waals surface area (Å²) in [6.07, 6.45) is 4.72. The summed E-state index contributed by atoms with van der Waals surface area (Å²) in [4.78, 5) is 0. The van der Waals surface area contributed by atoms with E-state index in [9.17, 15) is 8.42 Å². The lowest BCUT2D eigenvalue weighted by Crippen LogP contribution is -2.46. The van der Waals surface area contributed by atoms with E-state index in [1.54, 1.807) is 0 Å². The molecule has 102 valence electrons. The molecule has 4 heteroatoms. The maximum absolute atomic E-state index is 12.3. The summed E-state index contributed by atoms with van der Waals surface area (Å²) in [6, 6.07) is -0.146. The number of hydrogen-bond donors (Lipinski definition) is 1. The Morgan fingerprint density at radius 1 is 1.29 bits per heavy atom. The van der Waals surface area contributed by atoms with Crippen LogP contribution in [-0.4, -0.2) is 25.5 Å². The van der Waals surface area contributed by atoms with Crippen LogP contribution < -0.4 is 5.73 Å². The summed E-state index contributed by atoms with van der Waals surface area (Å²) in [7, 11) is -3.01. The molecule has 1 rings (SSSR count). The first-order valence-electron chi connectivity index (χ1n) is 6.87. The third kappa shape index (κ3) is 3.95. The number of hydrogen-bond acceptors (Lipinski definition) is 3. The molecule has 0 aromatic carbocycles. The van der Waals surface area contributed by atoms with Crippen molar-refractivity contribution in [3.63, 3.8) is 0 Å². The lowest BCUT2D eigenvalue weighted by Gasteiger charge is -2.33. The van der Waals surface area contributed by atoms with Crippen LogP contribution in [0.4, 0.5) is 0 Å². The van der Waals surface area contributed by atoms with Gasteiger partial charge < -0.3 is 5.73 Å². The SMILES string of the molecule is CCC(C)CS(=O)(=O)C1CC(CC)CCC1N. The van der Waals surface area contributed by atoms with Gasteiger partial charge in [-0.25, -0.2) is 8.42 Å². The van der Waals surface area contributed by atoms with Crippen LogP contribution in [0.1, 0.15) is 52.9 Å². The van der Waals surface area contributed by atoms with Crippen LogP contribution in [-0.2, 0) is 9.84 Å². The van der Waals surface area contributed by atoms with Crippen molar-refractivity contribution < 1.29 is 8.42 Å². The van der Waals surface area contributed by atoms with Gasteiger partial charge in [-0.2, -0.15) is 0 Å². The maximum atomic E-state index is 12.3. The van der Waals surface area contributed by atoms with Crippen LogP contribution in [0, 0.1) is 11.8 Å². The molecular weight excluding hydrogens is 234 g/mol. The van der Waals surface area contributed by atoms with Gasteiger partial charge in [0.1, 0.15) is 0 Å². The molecule has 0 radical (unpaired) electrons. The van der Waals surface area contributed by atoms with E-state index in [2.05, 4.69) is 6.92 Å². The van der Waals surface area contributed by atoms with Crippen molar-refractivity contribution in [2.24, 2.45) is 17.6 Å². The second kappa shape index (κ2) is 6.19. The molecule has 1 aliphatic rings. The molecule has 2 N–H and O–H groups in total. The largest absolute Gasteiger partial charge is 0.327 e. The molecule has 1 saturated carbocycles. The fourth-order valence-electron chi connectivity index (χ4n) is 2.66. The molecule has 0 heterocycles. The van der Waals surface area contributed by atoms with Gasteiger partial charge >= 0.3 is 0 Å². The van der Waals surface area contributed by atoms with Gasteiger partial charge in [-0.3, -0.25) is 0 Å². The van der Waals surface area contributed by atoms with E-state index in [-0.39, 0.29) is 17.2 Å². The Kier molecular flexibility index (Phi) is 5.45. The predicted molar refractivity (Wildman–Crippen MR) is 72.6 cm³/mol. The lowest BCUT2D eigenvalue weighted by atomic mass is 9.84. The molecule has 0 bridgehead atoms. The topological polar surface area (TPSA) is 60.2 Å². The molecule has 0 amide bonds. The van der Waals surface area contributed by atoms with Gasteiger partial charge in [-0.1, -0.05) is 33.6 Å². The van der Waals surface area contributed by atoms with Gasteiger partial charge in [0.2, 0.25) is 0 Å². The molecule has 1 fully saturated rings. The quantitative estimate of drug-likeness (QED) is 0.826. The minimum atomic E-state index is -3.01. The molecule has 0 spiro atoms. The molecule has 0 aromatic heterocycles. The van der Waals surface area contributed by atoms with E-state index in [0.29, 0.717) is 11.7 Å². The highest BCUT2D eigenvalue weighted by atomic mass is 32.2. The molecule has 4 atom stereocenters. The van der Waals surface area contributed by atoms with Crippen LogP contribution in [0.25, 0.3) is 0 Å². The number of rotatable bonds is 5.